The van der Waals surface area contributed by atoms with Crippen molar-refractivity contribution in [3.63, 3.8) is 0 Å². The minimum atomic E-state index is -0.914. The average molecular weight is 245 g/mol. The maximum atomic E-state index is 10.7. The summed E-state index contributed by atoms with van der Waals surface area (Å²) in [7, 11) is 0. The number of carboxylic acids is 1. The van der Waals surface area contributed by atoms with E-state index in [1.54, 1.807) is 24.3 Å². The van der Waals surface area contributed by atoms with Gasteiger partial charge < -0.3 is 10.4 Å². The number of aromatic amines is 1. The minimum Gasteiger partial charge on any atom is -0.478 e. The number of hydrogen-bond acceptors (Lipinski definition) is 3. The molecule has 0 bridgehead atoms. The quantitative estimate of drug-likeness (QED) is 0.772. The molecular weight excluding hydrogens is 230 g/mol. The summed E-state index contributed by atoms with van der Waals surface area (Å²) in [5.74, 6) is -0.914. The fourth-order valence-corrected chi connectivity index (χ4v) is 1.76. The summed E-state index contributed by atoms with van der Waals surface area (Å²) >= 11 is 0. The zero-order valence-corrected chi connectivity index (χ0v) is 10.3. The number of aryl methyl sites for hydroxylation is 2. The number of anilines is 1. The molecule has 94 valence electrons. The van der Waals surface area contributed by atoms with Crippen LogP contribution in [-0.4, -0.2) is 21.3 Å². The standard InChI is InChI=1S/C13H15N3O2/c1-8-12(9(2)16-15-8)7-14-11-5-3-10(4-6-11)13(17)18/h3-6,14H,7H2,1-2H3,(H,15,16)(H,17,18). The number of nitrogens with one attached hydrogen (secondary N) is 2. The number of rotatable bonds is 4. The predicted molar refractivity (Wildman–Crippen MR) is 68.8 cm³/mol. The van der Waals surface area contributed by atoms with Crippen molar-refractivity contribution >= 4 is 11.7 Å². The molecule has 0 aliphatic rings. The molecule has 0 saturated heterocycles. The number of carbonyl (C=O) groups is 1. The van der Waals surface area contributed by atoms with Crippen LogP contribution in [0.4, 0.5) is 5.69 Å². The highest BCUT2D eigenvalue weighted by atomic mass is 16.4. The first-order valence-corrected chi connectivity index (χ1v) is 5.65. The van der Waals surface area contributed by atoms with Gasteiger partial charge in [0.05, 0.1) is 11.3 Å². The third-order valence-corrected chi connectivity index (χ3v) is 2.88. The third-order valence-electron chi connectivity index (χ3n) is 2.88. The number of aromatic nitrogens is 2. The van der Waals surface area contributed by atoms with Gasteiger partial charge in [-0.2, -0.15) is 5.10 Å². The molecule has 5 heteroatoms. The SMILES string of the molecule is Cc1n[nH]c(C)c1CNc1ccc(C(=O)O)cc1. The van der Waals surface area contributed by atoms with E-state index in [1.165, 1.54) is 0 Å². The van der Waals surface area contributed by atoms with Gasteiger partial charge in [-0.15, -0.1) is 0 Å². The van der Waals surface area contributed by atoms with Gasteiger partial charge in [0.1, 0.15) is 0 Å². The van der Waals surface area contributed by atoms with Crippen LogP contribution < -0.4 is 5.32 Å². The second kappa shape index (κ2) is 4.91. The van der Waals surface area contributed by atoms with E-state index in [2.05, 4.69) is 15.5 Å². The Bertz CT molecular complexity index is 539. The highest BCUT2D eigenvalue weighted by Crippen LogP contribution is 2.14. The highest BCUT2D eigenvalue weighted by molar-refractivity contribution is 5.87. The zero-order valence-electron chi connectivity index (χ0n) is 10.3. The molecule has 0 radical (unpaired) electrons. The molecule has 1 aromatic carbocycles. The van der Waals surface area contributed by atoms with Crippen molar-refractivity contribution in [3.05, 3.63) is 46.8 Å². The van der Waals surface area contributed by atoms with Crippen LogP contribution in [0.25, 0.3) is 0 Å². The summed E-state index contributed by atoms with van der Waals surface area (Å²) in [6, 6.07) is 6.68. The number of H-pyrrole nitrogens is 1. The van der Waals surface area contributed by atoms with Crippen LogP contribution in [-0.2, 0) is 6.54 Å². The largest absolute Gasteiger partial charge is 0.478 e. The first-order chi connectivity index (χ1) is 8.58. The maximum absolute atomic E-state index is 10.7. The topological polar surface area (TPSA) is 78.0 Å². The Balaban J connectivity index is 2.04. The van der Waals surface area contributed by atoms with Crippen LogP contribution in [0.3, 0.4) is 0 Å². The van der Waals surface area contributed by atoms with Crippen molar-refractivity contribution in [2.24, 2.45) is 0 Å². The molecule has 1 aromatic heterocycles. The van der Waals surface area contributed by atoms with E-state index in [-0.39, 0.29) is 5.56 Å². The lowest BCUT2D eigenvalue weighted by Gasteiger charge is -2.06. The Morgan fingerprint density at radius 1 is 1.33 bits per heavy atom. The van der Waals surface area contributed by atoms with Crippen LogP contribution in [0.1, 0.15) is 27.3 Å². The van der Waals surface area contributed by atoms with Gasteiger partial charge >= 0.3 is 5.97 Å². The Kier molecular flexibility index (Phi) is 3.32. The number of aromatic carboxylic acids is 1. The molecule has 0 amide bonds. The van der Waals surface area contributed by atoms with Crippen molar-refractivity contribution in [1.29, 1.82) is 0 Å². The van der Waals surface area contributed by atoms with Crippen LogP contribution in [0.2, 0.25) is 0 Å². The van der Waals surface area contributed by atoms with Crippen LogP contribution in [0.15, 0.2) is 24.3 Å². The van der Waals surface area contributed by atoms with E-state index < -0.39 is 5.97 Å². The predicted octanol–water partition coefficient (Wildman–Crippen LogP) is 2.34. The molecule has 2 rings (SSSR count). The lowest BCUT2D eigenvalue weighted by atomic mass is 10.2. The molecule has 0 atom stereocenters. The zero-order chi connectivity index (χ0) is 13.1. The first kappa shape index (κ1) is 12.2. The van der Waals surface area contributed by atoms with Crippen molar-refractivity contribution in [2.75, 3.05) is 5.32 Å². The Labute approximate surface area is 105 Å². The van der Waals surface area contributed by atoms with E-state index in [1.807, 2.05) is 13.8 Å². The molecule has 0 fully saturated rings. The molecule has 0 aliphatic heterocycles. The number of carboxylic acid groups (broad SMARTS) is 1. The summed E-state index contributed by atoms with van der Waals surface area (Å²) in [4.78, 5) is 10.7. The summed E-state index contributed by atoms with van der Waals surface area (Å²) in [6.07, 6.45) is 0. The van der Waals surface area contributed by atoms with E-state index in [0.717, 1.165) is 22.6 Å². The number of hydrogen-bond donors (Lipinski definition) is 3. The average Bonchev–Trinajstić information content (AvgIpc) is 2.67. The molecular formula is C13H15N3O2. The highest BCUT2D eigenvalue weighted by Gasteiger charge is 2.06. The summed E-state index contributed by atoms with van der Waals surface area (Å²) in [5, 5.41) is 19.1. The maximum Gasteiger partial charge on any atom is 0.335 e. The van der Waals surface area contributed by atoms with Gasteiger partial charge in [-0.3, -0.25) is 5.10 Å². The van der Waals surface area contributed by atoms with Crippen molar-refractivity contribution in [2.45, 2.75) is 20.4 Å². The summed E-state index contributed by atoms with van der Waals surface area (Å²) in [6.45, 7) is 4.60. The minimum absolute atomic E-state index is 0.288. The molecule has 0 aliphatic carbocycles. The lowest BCUT2D eigenvalue weighted by Crippen LogP contribution is -2.02. The Hall–Kier alpha value is -2.30. The summed E-state index contributed by atoms with van der Waals surface area (Å²) in [5.41, 5.74) is 4.33. The van der Waals surface area contributed by atoms with E-state index >= 15 is 0 Å². The Morgan fingerprint density at radius 2 is 2.00 bits per heavy atom. The van der Waals surface area contributed by atoms with Gasteiger partial charge in [-0.1, -0.05) is 0 Å². The van der Waals surface area contributed by atoms with Gasteiger partial charge in [0.2, 0.25) is 0 Å². The van der Waals surface area contributed by atoms with Gasteiger partial charge in [0, 0.05) is 23.5 Å². The molecule has 0 unspecified atom stereocenters. The summed E-state index contributed by atoms with van der Waals surface area (Å²) < 4.78 is 0. The lowest BCUT2D eigenvalue weighted by molar-refractivity contribution is 0.0697. The smallest absolute Gasteiger partial charge is 0.335 e. The molecule has 18 heavy (non-hydrogen) atoms. The normalized spacial score (nSPS) is 10.3. The van der Waals surface area contributed by atoms with Crippen LogP contribution >= 0.6 is 0 Å². The van der Waals surface area contributed by atoms with Gasteiger partial charge in [-0.25, -0.2) is 4.79 Å². The van der Waals surface area contributed by atoms with E-state index in [0.29, 0.717) is 6.54 Å². The molecule has 3 N–H and O–H groups in total. The number of benzene rings is 1. The monoisotopic (exact) mass is 245 g/mol. The van der Waals surface area contributed by atoms with Gasteiger partial charge in [0.25, 0.3) is 0 Å². The molecule has 0 saturated carbocycles. The third kappa shape index (κ3) is 2.51. The van der Waals surface area contributed by atoms with Crippen molar-refractivity contribution in [1.82, 2.24) is 10.2 Å². The molecule has 1 heterocycles. The molecule has 2 aromatic rings. The first-order valence-electron chi connectivity index (χ1n) is 5.65. The fraction of sp³-hybridized carbons (Fsp3) is 0.231. The van der Waals surface area contributed by atoms with Crippen molar-refractivity contribution in [3.8, 4) is 0 Å². The second-order valence-electron chi connectivity index (χ2n) is 4.15. The van der Waals surface area contributed by atoms with Crippen LogP contribution in [0, 0.1) is 13.8 Å². The fourth-order valence-electron chi connectivity index (χ4n) is 1.76. The molecule has 0 spiro atoms. The van der Waals surface area contributed by atoms with Crippen LogP contribution in [0.5, 0.6) is 0 Å². The van der Waals surface area contributed by atoms with Crippen molar-refractivity contribution < 1.29 is 9.90 Å². The van der Waals surface area contributed by atoms with E-state index in [9.17, 15) is 4.79 Å². The van der Waals surface area contributed by atoms with Gasteiger partial charge in [0.15, 0.2) is 0 Å². The molecule has 5 nitrogen and oxygen atoms in total. The Morgan fingerprint density at radius 3 is 2.50 bits per heavy atom. The van der Waals surface area contributed by atoms with E-state index in [4.69, 9.17) is 5.11 Å². The number of nitrogens with zero attached hydrogens (tertiary/aromatic N) is 1. The second-order valence-corrected chi connectivity index (χ2v) is 4.15. The van der Waals surface area contributed by atoms with Gasteiger partial charge in [-0.05, 0) is 38.1 Å².